The van der Waals surface area contributed by atoms with Crippen LogP contribution in [0.2, 0.25) is 0 Å². The number of aliphatic carboxylic acids is 1. The summed E-state index contributed by atoms with van der Waals surface area (Å²) in [5.41, 5.74) is 1.88. The molecule has 2 rings (SSSR count). The van der Waals surface area contributed by atoms with Crippen molar-refractivity contribution in [1.29, 1.82) is 0 Å². The summed E-state index contributed by atoms with van der Waals surface area (Å²) in [7, 11) is 0. The average Bonchev–Trinajstić information content (AvgIpc) is 2.52. The monoisotopic (exact) mass is 298 g/mol. The zero-order chi connectivity index (χ0) is 15.9. The average molecular weight is 298 g/mol. The Balaban J connectivity index is 1.95. The first-order valence-corrected chi connectivity index (χ1v) is 7.05. The fraction of sp³-hybridized carbons (Fsp3) is 0.222. The maximum absolute atomic E-state index is 11.3. The van der Waals surface area contributed by atoms with Crippen LogP contribution in [0, 0.1) is 5.92 Å². The van der Waals surface area contributed by atoms with Gasteiger partial charge in [0.25, 0.3) is 0 Å². The van der Waals surface area contributed by atoms with Gasteiger partial charge in [-0.1, -0.05) is 42.5 Å². The third kappa shape index (κ3) is 4.45. The van der Waals surface area contributed by atoms with Gasteiger partial charge in [0, 0.05) is 0 Å². The number of Topliss-reactive ketones (excluding diaryl/α,β-unsaturated/α-hetero) is 1. The third-order valence-corrected chi connectivity index (χ3v) is 3.40. The number of carboxylic acids is 1. The fourth-order valence-electron chi connectivity index (χ4n) is 2.10. The molecule has 114 valence electrons. The van der Waals surface area contributed by atoms with E-state index in [9.17, 15) is 9.59 Å². The van der Waals surface area contributed by atoms with Crippen LogP contribution in [0.1, 0.15) is 18.1 Å². The number of rotatable bonds is 7. The summed E-state index contributed by atoms with van der Waals surface area (Å²) in [6.45, 7) is 1.78. The van der Waals surface area contributed by atoms with Crippen LogP contribution in [0.3, 0.4) is 0 Å². The molecule has 22 heavy (non-hydrogen) atoms. The second-order valence-electron chi connectivity index (χ2n) is 5.12. The van der Waals surface area contributed by atoms with Gasteiger partial charge in [-0.25, -0.2) is 0 Å². The molecule has 0 heterocycles. The lowest BCUT2D eigenvalue weighted by molar-refractivity contribution is -0.145. The highest BCUT2D eigenvalue weighted by Gasteiger charge is 2.22. The van der Waals surface area contributed by atoms with Gasteiger partial charge in [0.1, 0.15) is 24.1 Å². The van der Waals surface area contributed by atoms with Crippen LogP contribution in [0.5, 0.6) is 5.75 Å². The van der Waals surface area contributed by atoms with Gasteiger partial charge in [-0.15, -0.1) is 0 Å². The maximum atomic E-state index is 11.3. The number of hydrogen-bond acceptors (Lipinski definition) is 3. The predicted molar refractivity (Wildman–Crippen MR) is 82.7 cm³/mol. The molecule has 0 radical (unpaired) electrons. The highest BCUT2D eigenvalue weighted by Crippen LogP contribution is 2.17. The van der Waals surface area contributed by atoms with Crippen molar-refractivity contribution in [3.05, 3.63) is 65.7 Å². The number of benzene rings is 2. The highest BCUT2D eigenvalue weighted by atomic mass is 16.5. The van der Waals surface area contributed by atoms with E-state index in [4.69, 9.17) is 9.84 Å². The minimum atomic E-state index is -1.09. The Labute approximate surface area is 129 Å². The summed E-state index contributed by atoms with van der Waals surface area (Å²) in [4.78, 5) is 22.3. The molecule has 0 spiro atoms. The summed E-state index contributed by atoms with van der Waals surface area (Å²) in [5, 5.41) is 9.02. The minimum Gasteiger partial charge on any atom is -0.489 e. The Kier molecular flexibility index (Phi) is 5.31. The molecule has 0 bridgehead atoms. The van der Waals surface area contributed by atoms with E-state index < -0.39 is 11.9 Å². The fourth-order valence-corrected chi connectivity index (χ4v) is 2.10. The number of ketones is 1. The van der Waals surface area contributed by atoms with E-state index in [2.05, 4.69) is 0 Å². The van der Waals surface area contributed by atoms with Gasteiger partial charge in [0.2, 0.25) is 0 Å². The molecule has 2 aromatic rings. The normalized spacial score (nSPS) is 11.7. The van der Waals surface area contributed by atoms with Crippen molar-refractivity contribution < 1.29 is 19.4 Å². The van der Waals surface area contributed by atoms with Gasteiger partial charge in [-0.2, -0.15) is 0 Å². The Morgan fingerprint density at radius 1 is 1.00 bits per heavy atom. The molecule has 1 unspecified atom stereocenters. The molecule has 0 saturated carbocycles. The first-order valence-electron chi connectivity index (χ1n) is 7.05. The molecule has 0 aliphatic heterocycles. The van der Waals surface area contributed by atoms with Crippen molar-refractivity contribution in [3.63, 3.8) is 0 Å². The van der Waals surface area contributed by atoms with Gasteiger partial charge >= 0.3 is 5.97 Å². The number of carboxylic acid groups (broad SMARTS) is 1. The lowest BCUT2D eigenvalue weighted by Crippen LogP contribution is -2.23. The molecule has 1 atom stereocenters. The summed E-state index contributed by atoms with van der Waals surface area (Å²) in [6.07, 6.45) is 0.198. The molecule has 1 N–H and O–H groups in total. The molecular formula is C18H18O4. The van der Waals surface area contributed by atoms with E-state index in [1.165, 1.54) is 6.92 Å². The van der Waals surface area contributed by atoms with Crippen molar-refractivity contribution in [2.45, 2.75) is 20.0 Å². The van der Waals surface area contributed by atoms with Gasteiger partial charge in [-0.05, 0) is 36.6 Å². The molecule has 0 aliphatic rings. The SMILES string of the molecule is CC(=O)C(Cc1ccc(OCc2ccccc2)cc1)C(=O)O. The van der Waals surface area contributed by atoms with Gasteiger partial charge < -0.3 is 9.84 Å². The topological polar surface area (TPSA) is 63.6 Å². The molecule has 4 heteroatoms. The summed E-state index contributed by atoms with van der Waals surface area (Å²) >= 11 is 0. The van der Waals surface area contributed by atoms with Gasteiger partial charge in [-0.3, -0.25) is 9.59 Å². The second-order valence-corrected chi connectivity index (χ2v) is 5.12. The van der Waals surface area contributed by atoms with E-state index in [0.29, 0.717) is 12.4 Å². The van der Waals surface area contributed by atoms with Crippen molar-refractivity contribution in [3.8, 4) is 5.75 Å². The van der Waals surface area contributed by atoms with Crippen LogP contribution in [0.25, 0.3) is 0 Å². The Morgan fingerprint density at radius 3 is 2.18 bits per heavy atom. The lowest BCUT2D eigenvalue weighted by atomic mass is 9.96. The van der Waals surface area contributed by atoms with Crippen LogP contribution in [-0.2, 0) is 22.6 Å². The number of hydrogen-bond donors (Lipinski definition) is 1. The van der Waals surface area contributed by atoms with E-state index >= 15 is 0 Å². The molecule has 0 aliphatic carbocycles. The molecule has 0 amide bonds. The van der Waals surface area contributed by atoms with Crippen LogP contribution >= 0.6 is 0 Å². The van der Waals surface area contributed by atoms with E-state index in [0.717, 1.165) is 11.1 Å². The van der Waals surface area contributed by atoms with E-state index in [-0.39, 0.29) is 12.2 Å². The largest absolute Gasteiger partial charge is 0.489 e. The third-order valence-electron chi connectivity index (χ3n) is 3.40. The smallest absolute Gasteiger partial charge is 0.314 e. The standard InChI is InChI=1S/C18H18O4/c1-13(19)17(18(20)21)11-14-7-9-16(10-8-14)22-12-15-5-3-2-4-6-15/h2-10,17H,11-12H2,1H3,(H,20,21). The zero-order valence-corrected chi connectivity index (χ0v) is 12.4. The summed E-state index contributed by atoms with van der Waals surface area (Å²) in [6, 6.07) is 17.0. The van der Waals surface area contributed by atoms with Gasteiger partial charge in [0.05, 0.1) is 0 Å². The summed E-state index contributed by atoms with van der Waals surface area (Å²) in [5.74, 6) is -1.70. The van der Waals surface area contributed by atoms with Crippen LogP contribution < -0.4 is 4.74 Å². The molecular weight excluding hydrogens is 280 g/mol. The second kappa shape index (κ2) is 7.41. The molecule has 0 saturated heterocycles. The quantitative estimate of drug-likeness (QED) is 0.798. The minimum absolute atomic E-state index is 0.198. The van der Waals surface area contributed by atoms with Gasteiger partial charge in [0.15, 0.2) is 0 Å². The Morgan fingerprint density at radius 2 is 1.64 bits per heavy atom. The number of ether oxygens (including phenoxy) is 1. The van der Waals surface area contributed by atoms with Crippen LogP contribution in [-0.4, -0.2) is 16.9 Å². The highest BCUT2D eigenvalue weighted by molar-refractivity contribution is 5.97. The maximum Gasteiger partial charge on any atom is 0.314 e. The molecule has 2 aromatic carbocycles. The van der Waals surface area contributed by atoms with E-state index in [1.54, 1.807) is 24.3 Å². The predicted octanol–water partition coefficient (Wildman–Crippen LogP) is 3.10. The van der Waals surface area contributed by atoms with Crippen LogP contribution in [0.15, 0.2) is 54.6 Å². The van der Waals surface area contributed by atoms with Crippen molar-refractivity contribution in [2.24, 2.45) is 5.92 Å². The zero-order valence-electron chi connectivity index (χ0n) is 12.4. The van der Waals surface area contributed by atoms with Crippen LogP contribution in [0.4, 0.5) is 0 Å². The molecule has 0 aromatic heterocycles. The first-order chi connectivity index (χ1) is 10.6. The van der Waals surface area contributed by atoms with Crippen molar-refractivity contribution in [1.82, 2.24) is 0 Å². The first kappa shape index (κ1) is 15.8. The Hall–Kier alpha value is -2.62. The number of carbonyl (C=O) groups excluding carboxylic acids is 1. The Bertz CT molecular complexity index is 618. The molecule has 0 fully saturated rings. The molecule has 4 nitrogen and oxygen atoms in total. The van der Waals surface area contributed by atoms with Crippen molar-refractivity contribution >= 4 is 11.8 Å². The lowest BCUT2D eigenvalue weighted by Gasteiger charge is -2.10. The number of carbonyl (C=O) groups is 2. The van der Waals surface area contributed by atoms with E-state index in [1.807, 2.05) is 30.3 Å². The van der Waals surface area contributed by atoms with Crippen molar-refractivity contribution in [2.75, 3.05) is 0 Å². The summed E-state index contributed by atoms with van der Waals surface area (Å²) < 4.78 is 5.66.